The number of para-hydroxylation sites is 1. The van der Waals surface area contributed by atoms with Gasteiger partial charge in [-0.25, -0.2) is 4.79 Å². The van der Waals surface area contributed by atoms with Crippen molar-refractivity contribution in [2.75, 3.05) is 31.5 Å². The second-order valence-corrected chi connectivity index (χ2v) is 7.75. The minimum atomic E-state index is -1.07. The van der Waals surface area contributed by atoms with Crippen LogP contribution in [0.4, 0.5) is 5.69 Å². The molecule has 0 spiro atoms. The fourth-order valence-corrected chi connectivity index (χ4v) is 4.09. The molecule has 3 N–H and O–H groups in total. The van der Waals surface area contributed by atoms with Crippen LogP contribution >= 0.6 is 12.4 Å². The molecule has 1 unspecified atom stereocenters. The number of nitrogens with zero attached hydrogens (tertiary/aromatic N) is 1. The van der Waals surface area contributed by atoms with Gasteiger partial charge in [0.2, 0.25) is 11.8 Å². The van der Waals surface area contributed by atoms with E-state index in [1.54, 1.807) is 23.1 Å². The van der Waals surface area contributed by atoms with Crippen LogP contribution < -0.4 is 10.6 Å². The summed E-state index contributed by atoms with van der Waals surface area (Å²) in [5.41, 5.74) is 0.371. The van der Waals surface area contributed by atoms with Crippen LogP contribution in [0.5, 0.6) is 0 Å². The Morgan fingerprint density at radius 2 is 1.86 bits per heavy atom. The summed E-state index contributed by atoms with van der Waals surface area (Å²) in [4.78, 5) is 38.4. The smallest absolute Gasteiger partial charge is 0.337 e. The van der Waals surface area contributed by atoms with Crippen LogP contribution in [0, 0.1) is 11.8 Å². The van der Waals surface area contributed by atoms with Crippen molar-refractivity contribution < 1.29 is 19.5 Å². The molecule has 7 nitrogen and oxygen atoms in total. The monoisotopic (exact) mass is 423 g/mol. The third-order valence-corrected chi connectivity index (χ3v) is 5.79. The van der Waals surface area contributed by atoms with Crippen molar-refractivity contribution in [3.8, 4) is 0 Å². The van der Waals surface area contributed by atoms with Crippen molar-refractivity contribution in [1.29, 1.82) is 0 Å². The number of carbonyl (C=O) groups excluding carboxylic acids is 2. The third kappa shape index (κ3) is 6.44. The number of hydrogen-bond acceptors (Lipinski definition) is 4. The van der Waals surface area contributed by atoms with Crippen LogP contribution in [0.2, 0.25) is 0 Å². The lowest BCUT2D eigenvalue weighted by molar-refractivity contribution is -0.134. The highest BCUT2D eigenvalue weighted by molar-refractivity contribution is 6.01. The van der Waals surface area contributed by atoms with Gasteiger partial charge in [0.25, 0.3) is 0 Å². The Bertz CT molecular complexity index is 722. The molecule has 29 heavy (non-hydrogen) atoms. The molecular weight excluding hydrogens is 394 g/mol. The van der Waals surface area contributed by atoms with E-state index in [0.29, 0.717) is 37.5 Å². The van der Waals surface area contributed by atoms with Gasteiger partial charge in [-0.1, -0.05) is 12.1 Å². The average Bonchev–Trinajstić information content (AvgIpc) is 2.73. The Morgan fingerprint density at radius 1 is 1.14 bits per heavy atom. The molecule has 0 aliphatic carbocycles. The molecule has 8 heteroatoms. The van der Waals surface area contributed by atoms with Crippen molar-refractivity contribution in [2.24, 2.45) is 11.8 Å². The number of carbonyl (C=O) groups is 3. The van der Waals surface area contributed by atoms with Crippen LogP contribution in [0.3, 0.4) is 0 Å². The van der Waals surface area contributed by atoms with Crippen LogP contribution in [0.15, 0.2) is 24.3 Å². The number of amides is 2. The van der Waals surface area contributed by atoms with E-state index < -0.39 is 5.97 Å². The maximum atomic E-state index is 12.7. The molecule has 1 aromatic rings. The highest BCUT2D eigenvalue weighted by Crippen LogP contribution is 2.23. The maximum Gasteiger partial charge on any atom is 0.337 e. The number of nitrogens with one attached hydrogen (secondary N) is 2. The second kappa shape index (κ2) is 11.2. The summed E-state index contributed by atoms with van der Waals surface area (Å²) >= 11 is 0. The number of aromatic carboxylic acids is 1. The topological polar surface area (TPSA) is 98.7 Å². The zero-order valence-corrected chi connectivity index (χ0v) is 17.4. The van der Waals surface area contributed by atoms with E-state index in [2.05, 4.69) is 10.6 Å². The molecule has 1 atom stereocenters. The van der Waals surface area contributed by atoms with Crippen molar-refractivity contribution in [2.45, 2.75) is 38.5 Å². The number of piperidine rings is 2. The first-order chi connectivity index (χ1) is 13.5. The number of anilines is 1. The van der Waals surface area contributed by atoms with E-state index in [-0.39, 0.29) is 35.7 Å². The van der Waals surface area contributed by atoms with Gasteiger partial charge in [0, 0.05) is 19.5 Å². The first-order valence-electron chi connectivity index (χ1n) is 10.2. The zero-order chi connectivity index (χ0) is 19.9. The Labute approximate surface area is 177 Å². The summed E-state index contributed by atoms with van der Waals surface area (Å²) in [6.07, 6.45) is 5.21. The van der Waals surface area contributed by atoms with E-state index in [0.717, 1.165) is 38.8 Å². The molecular formula is C21H30ClN3O4. The van der Waals surface area contributed by atoms with Gasteiger partial charge in [-0.2, -0.15) is 0 Å². The number of likely N-dealkylation sites (tertiary alicyclic amines) is 1. The molecule has 0 radical (unpaired) electrons. The summed E-state index contributed by atoms with van der Waals surface area (Å²) in [5, 5.41) is 15.3. The fourth-order valence-electron chi connectivity index (χ4n) is 4.09. The van der Waals surface area contributed by atoms with Crippen molar-refractivity contribution in [1.82, 2.24) is 10.2 Å². The van der Waals surface area contributed by atoms with E-state index in [4.69, 9.17) is 0 Å². The van der Waals surface area contributed by atoms with E-state index >= 15 is 0 Å². The van der Waals surface area contributed by atoms with E-state index in [1.165, 1.54) is 6.07 Å². The molecule has 0 saturated carbocycles. The summed E-state index contributed by atoms with van der Waals surface area (Å²) in [6.45, 7) is 3.16. The van der Waals surface area contributed by atoms with Gasteiger partial charge in [0.05, 0.1) is 17.2 Å². The molecule has 0 aromatic heterocycles. The predicted octanol–water partition coefficient (Wildman–Crippen LogP) is 2.76. The highest BCUT2D eigenvalue weighted by Gasteiger charge is 2.29. The number of hydrogen-bond donors (Lipinski definition) is 3. The summed E-state index contributed by atoms with van der Waals surface area (Å²) in [6, 6.07) is 6.38. The SMILES string of the molecule is Cl.O=C(O)c1ccccc1NC(=O)C1CCCN(C(=O)CCC2CCNCC2)C1. The van der Waals surface area contributed by atoms with Gasteiger partial charge in [-0.05, 0) is 63.2 Å². The molecule has 160 valence electrons. The normalized spacial score (nSPS) is 19.9. The van der Waals surface area contributed by atoms with E-state index in [1.807, 2.05) is 0 Å². The van der Waals surface area contributed by atoms with Crippen molar-refractivity contribution in [3.05, 3.63) is 29.8 Å². The standard InChI is InChI=1S/C21H29N3O4.ClH/c25-19(8-7-15-9-11-22-12-10-15)24-13-3-4-16(14-24)20(26)23-18-6-2-1-5-17(18)21(27)28;/h1-2,5-6,15-16,22H,3-4,7-14H2,(H,23,26)(H,27,28);1H. The minimum Gasteiger partial charge on any atom is -0.478 e. The molecule has 1 aromatic carbocycles. The van der Waals surface area contributed by atoms with Crippen molar-refractivity contribution >= 4 is 35.9 Å². The van der Waals surface area contributed by atoms with Crippen LogP contribution in [0.1, 0.15) is 48.9 Å². The Morgan fingerprint density at radius 3 is 2.59 bits per heavy atom. The second-order valence-electron chi connectivity index (χ2n) is 7.75. The first kappa shape index (κ1) is 23.2. The lowest BCUT2D eigenvalue weighted by Gasteiger charge is -2.33. The first-order valence-corrected chi connectivity index (χ1v) is 10.2. The molecule has 2 aliphatic rings. The Hall–Kier alpha value is -2.12. The van der Waals surface area contributed by atoms with Crippen LogP contribution in [-0.2, 0) is 9.59 Å². The number of carboxylic acids is 1. The lowest BCUT2D eigenvalue weighted by atomic mass is 9.92. The van der Waals surface area contributed by atoms with Gasteiger partial charge < -0.3 is 20.6 Å². The molecule has 2 aliphatic heterocycles. The summed E-state index contributed by atoms with van der Waals surface area (Å²) in [7, 11) is 0. The maximum absolute atomic E-state index is 12.7. The summed E-state index contributed by atoms with van der Waals surface area (Å²) < 4.78 is 0. The zero-order valence-electron chi connectivity index (χ0n) is 16.6. The minimum absolute atomic E-state index is 0. The molecule has 0 bridgehead atoms. The number of carboxylic acid groups (broad SMARTS) is 1. The number of rotatable bonds is 6. The van der Waals surface area contributed by atoms with Gasteiger partial charge in [0.1, 0.15) is 0 Å². The van der Waals surface area contributed by atoms with Gasteiger partial charge >= 0.3 is 5.97 Å². The fraction of sp³-hybridized carbons (Fsp3) is 0.571. The number of benzene rings is 1. The van der Waals surface area contributed by atoms with E-state index in [9.17, 15) is 19.5 Å². The quantitative estimate of drug-likeness (QED) is 0.653. The summed E-state index contributed by atoms with van der Waals surface area (Å²) in [5.74, 6) is -0.860. The largest absolute Gasteiger partial charge is 0.478 e. The van der Waals surface area contributed by atoms with Gasteiger partial charge in [-0.3, -0.25) is 9.59 Å². The highest BCUT2D eigenvalue weighted by atomic mass is 35.5. The Balaban J connectivity index is 0.00000300. The molecule has 2 saturated heterocycles. The lowest BCUT2D eigenvalue weighted by Crippen LogP contribution is -2.44. The predicted molar refractivity (Wildman–Crippen MR) is 113 cm³/mol. The number of halogens is 1. The van der Waals surface area contributed by atoms with Crippen LogP contribution in [0.25, 0.3) is 0 Å². The van der Waals surface area contributed by atoms with Crippen LogP contribution in [-0.4, -0.2) is 54.0 Å². The average molecular weight is 424 g/mol. The molecule has 2 amide bonds. The Kier molecular flexibility index (Phi) is 8.92. The molecule has 3 rings (SSSR count). The van der Waals surface area contributed by atoms with Gasteiger partial charge in [-0.15, -0.1) is 12.4 Å². The van der Waals surface area contributed by atoms with Gasteiger partial charge in [0.15, 0.2) is 0 Å². The molecule has 2 fully saturated rings. The third-order valence-electron chi connectivity index (χ3n) is 5.79. The molecule has 2 heterocycles. The van der Waals surface area contributed by atoms with Crippen molar-refractivity contribution in [3.63, 3.8) is 0 Å².